The van der Waals surface area contributed by atoms with E-state index in [0.29, 0.717) is 6.61 Å². The van der Waals surface area contributed by atoms with Gasteiger partial charge in [-0.2, -0.15) is 0 Å². The monoisotopic (exact) mass is 506 g/mol. The molecule has 1 aromatic heterocycles. The van der Waals surface area contributed by atoms with Crippen molar-refractivity contribution in [3.63, 3.8) is 0 Å². The summed E-state index contributed by atoms with van der Waals surface area (Å²) in [6.45, 7) is 2.33. The van der Waals surface area contributed by atoms with Gasteiger partial charge in [-0.25, -0.2) is 0 Å². The van der Waals surface area contributed by atoms with E-state index in [9.17, 15) is 5.11 Å². The maximum atomic E-state index is 10.2. The van der Waals surface area contributed by atoms with Gasteiger partial charge >= 0.3 is 0 Å². The van der Waals surface area contributed by atoms with E-state index in [2.05, 4.69) is 82.3 Å². The van der Waals surface area contributed by atoms with Crippen LogP contribution in [0.1, 0.15) is 41.4 Å². The molecule has 2 aliphatic rings. The maximum absolute atomic E-state index is 10.2. The predicted molar refractivity (Wildman–Crippen MR) is 153 cm³/mol. The quantitative estimate of drug-likeness (QED) is 0.291. The smallest absolute Gasteiger partial charge is 0.162 e. The highest BCUT2D eigenvalue weighted by molar-refractivity contribution is 5.86. The Labute approximate surface area is 223 Å². The molecule has 0 bridgehead atoms. The third-order valence-corrected chi connectivity index (χ3v) is 8.19. The summed E-state index contributed by atoms with van der Waals surface area (Å²) in [5, 5.41) is 13.9. The Balaban J connectivity index is 0.00000264. The van der Waals surface area contributed by atoms with Crippen molar-refractivity contribution in [3.05, 3.63) is 107 Å². The van der Waals surface area contributed by atoms with Crippen LogP contribution >= 0.6 is 0 Å². The van der Waals surface area contributed by atoms with E-state index in [1.54, 1.807) is 7.11 Å². The Bertz CT molecular complexity index is 1640. The van der Waals surface area contributed by atoms with Crippen molar-refractivity contribution in [2.75, 3.05) is 13.7 Å². The van der Waals surface area contributed by atoms with Gasteiger partial charge in [-0.05, 0) is 70.1 Å². The zero-order valence-corrected chi connectivity index (χ0v) is 21.0. The molecule has 4 aromatic carbocycles. The van der Waals surface area contributed by atoms with Crippen LogP contribution in [-0.2, 0) is 32.7 Å². The number of methoxy groups -OCH3 is 1. The second-order valence-electron chi connectivity index (χ2n) is 10.1. The molecule has 1 N–H and O–H groups in total. The number of aliphatic hydroxyl groups excluding tert-OH is 1. The van der Waals surface area contributed by atoms with Gasteiger partial charge in [0.1, 0.15) is 13.3 Å². The van der Waals surface area contributed by atoms with Crippen LogP contribution in [0.2, 0.25) is 0 Å². The number of para-hydroxylation sites is 1. The minimum Gasteiger partial charge on any atom is -0.493 e. The maximum Gasteiger partial charge on any atom is 0.162 e. The molecule has 2 aliphatic heterocycles. The van der Waals surface area contributed by atoms with Gasteiger partial charge in [0.2, 0.25) is 0 Å². The SMILES string of the molecule is C.COc1cc2c(cc1OCc1ccc3ccccc3c1)C1Cc3c(n(CO)c4ccccc34)CN1CC2. The zero-order valence-electron chi connectivity index (χ0n) is 21.0. The first-order valence-corrected chi connectivity index (χ1v) is 13.0. The third kappa shape index (κ3) is 3.94. The minimum absolute atomic E-state index is 0. The molecule has 5 heteroatoms. The van der Waals surface area contributed by atoms with Gasteiger partial charge in [-0.1, -0.05) is 62.0 Å². The number of benzene rings is 4. The summed E-state index contributed by atoms with van der Waals surface area (Å²) in [6.07, 6.45) is 1.90. The Morgan fingerprint density at radius 3 is 2.58 bits per heavy atom. The molecule has 3 heterocycles. The first-order chi connectivity index (χ1) is 18.2. The highest BCUT2D eigenvalue weighted by atomic mass is 16.5. The molecule has 0 saturated carbocycles. The van der Waals surface area contributed by atoms with Crippen molar-refractivity contribution in [2.45, 2.75) is 46.2 Å². The van der Waals surface area contributed by atoms with E-state index in [1.165, 1.54) is 38.5 Å². The predicted octanol–water partition coefficient (Wildman–Crippen LogP) is 6.62. The van der Waals surface area contributed by atoms with Crippen LogP contribution in [0.3, 0.4) is 0 Å². The number of aliphatic hydroxyl groups is 1. The van der Waals surface area contributed by atoms with Crippen LogP contribution in [0.4, 0.5) is 0 Å². The molecule has 5 nitrogen and oxygen atoms in total. The number of rotatable bonds is 5. The molecule has 1 unspecified atom stereocenters. The van der Waals surface area contributed by atoms with E-state index in [1.807, 2.05) is 6.07 Å². The number of aromatic nitrogens is 1. The minimum atomic E-state index is 0. The molecule has 0 aliphatic carbocycles. The lowest BCUT2D eigenvalue weighted by Gasteiger charge is -2.41. The topological polar surface area (TPSA) is 46.9 Å². The Morgan fingerprint density at radius 1 is 0.921 bits per heavy atom. The molecule has 38 heavy (non-hydrogen) atoms. The molecular weight excluding hydrogens is 472 g/mol. The summed E-state index contributed by atoms with van der Waals surface area (Å²) in [5.41, 5.74) is 7.51. The second-order valence-corrected chi connectivity index (χ2v) is 10.1. The van der Waals surface area contributed by atoms with Crippen molar-refractivity contribution in [3.8, 4) is 11.5 Å². The Morgan fingerprint density at radius 2 is 1.74 bits per heavy atom. The summed E-state index contributed by atoms with van der Waals surface area (Å²) < 4.78 is 14.2. The van der Waals surface area contributed by atoms with Crippen LogP contribution in [0.15, 0.2) is 78.9 Å². The van der Waals surface area contributed by atoms with E-state index in [4.69, 9.17) is 9.47 Å². The third-order valence-electron chi connectivity index (χ3n) is 8.19. The second kappa shape index (κ2) is 9.82. The number of fused-ring (bicyclic) bond motifs is 7. The van der Waals surface area contributed by atoms with Crippen LogP contribution in [-0.4, -0.2) is 28.2 Å². The van der Waals surface area contributed by atoms with Gasteiger partial charge in [0.25, 0.3) is 0 Å². The highest BCUT2D eigenvalue weighted by Gasteiger charge is 2.35. The van der Waals surface area contributed by atoms with Gasteiger partial charge < -0.3 is 19.1 Å². The van der Waals surface area contributed by atoms with Gasteiger partial charge in [-0.15, -0.1) is 0 Å². The number of hydrogen-bond donors (Lipinski definition) is 1. The van der Waals surface area contributed by atoms with Crippen molar-refractivity contribution in [2.24, 2.45) is 0 Å². The van der Waals surface area contributed by atoms with Crippen molar-refractivity contribution >= 4 is 21.7 Å². The number of nitrogens with zero attached hydrogens (tertiary/aromatic N) is 2. The summed E-state index contributed by atoms with van der Waals surface area (Å²) in [4.78, 5) is 2.55. The van der Waals surface area contributed by atoms with Crippen LogP contribution in [0.25, 0.3) is 21.7 Å². The van der Waals surface area contributed by atoms with E-state index in [-0.39, 0.29) is 20.2 Å². The molecule has 7 rings (SSSR count). The molecule has 194 valence electrons. The molecule has 0 radical (unpaired) electrons. The Hall–Kier alpha value is -3.80. The number of hydrogen-bond acceptors (Lipinski definition) is 4. The summed E-state index contributed by atoms with van der Waals surface area (Å²) in [6, 6.07) is 28.0. The summed E-state index contributed by atoms with van der Waals surface area (Å²) in [5.74, 6) is 1.58. The summed E-state index contributed by atoms with van der Waals surface area (Å²) >= 11 is 0. The highest BCUT2D eigenvalue weighted by Crippen LogP contribution is 2.44. The van der Waals surface area contributed by atoms with Crippen molar-refractivity contribution in [1.29, 1.82) is 0 Å². The molecule has 0 saturated heterocycles. The average Bonchev–Trinajstić information content (AvgIpc) is 3.26. The molecule has 0 spiro atoms. The largest absolute Gasteiger partial charge is 0.493 e. The van der Waals surface area contributed by atoms with E-state index in [0.717, 1.165) is 48.5 Å². The first kappa shape index (κ1) is 24.5. The fraction of sp³-hybridized carbons (Fsp3) is 0.273. The van der Waals surface area contributed by atoms with Crippen LogP contribution < -0.4 is 9.47 Å². The van der Waals surface area contributed by atoms with Crippen LogP contribution in [0, 0.1) is 0 Å². The van der Waals surface area contributed by atoms with Gasteiger partial charge in [0.05, 0.1) is 12.6 Å². The van der Waals surface area contributed by atoms with Gasteiger partial charge in [0, 0.05) is 30.2 Å². The first-order valence-electron chi connectivity index (χ1n) is 13.0. The van der Waals surface area contributed by atoms with Gasteiger partial charge in [-0.3, -0.25) is 4.90 Å². The van der Waals surface area contributed by atoms with Gasteiger partial charge in [0.15, 0.2) is 11.5 Å². The molecule has 0 amide bonds. The summed E-state index contributed by atoms with van der Waals surface area (Å²) in [7, 11) is 1.72. The number of ether oxygens (including phenoxy) is 2. The van der Waals surface area contributed by atoms with Crippen molar-refractivity contribution < 1.29 is 14.6 Å². The normalized spacial score (nSPS) is 16.4. The lowest BCUT2D eigenvalue weighted by molar-refractivity contribution is 0.145. The van der Waals surface area contributed by atoms with E-state index < -0.39 is 0 Å². The lowest BCUT2D eigenvalue weighted by Crippen LogP contribution is -2.39. The average molecular weight is 507 g/mol. The van der Waals surface area contributed by atoms with Crippen molar-refractivity contribution in [1.82, 2.24) is 9.47 Å². The fourth-order valence-corrected chi connectivity index (χ4v) is 6.34. The van der Waals surface area contributed by atoms with E-state index >= 15 is 0 Å². The molecule has 0 fully saturated rings. The molecule has 1 atom stereocenters. The zero-order chi connectivity index (χ0) is 24.9. The lowest BCUT2D eigenvalue weighted by atomic mass is 9.85. The molecular formula is C33H34N2O3. The Kier molecular flexibility index (Phi) is 6.34. The fourth-order valence-electron chi connectivity index (χ4n) is 6.34. The van der Waals surface area contributed by atoms with Crippen LogP contribution in [0.5, 0.6) is 11.5 Å². The standard InChI is InChI=1S/C32H30N2O3.CH4/c1-36-31-15-24-12-13-33-18-30-27(25-8-4-5-9-28(25)34(30)20-35)16-29(33)26(24)17-32(31)37-19-21-10-11-22-6-2-3-7-23(22)14-21;/h2-11,14-15,17,29,35H,12-13,16,18-20H2,1H3;1H4. The molecule has 5 aromatic rings.